The van der Waals surface area contributed by atoms with Crippen molar-refractivity contribution in [3.05, 3.63) is 83.3 Å². The van der Waals surface area contributed by atoms with Crippen molar-refractivity contribution in [1.82, 2.24) is 14.8 Å². The highest BCUT2D eigenvalue weighted by atomic mass is 35.5. The summed E-state index contributed by atoms with van der Waals surface area (Å²) in [7, 11) is 0. The van der Waals surface area contributed by atoms with Crippen LogP contribution in [0.2, 0.25) is 5.15 Å². The lowest BCUT2D eigenvalue weighted by atomic mass is 10.1. The number of pyridine rings is 1. The van der Waals surface area contributed by atoms with Crippen LogP contribution in [-0.4, -0.2) is 20.7 Å². The number of hydrogen-bond donors (Lipinski definition) is 1. The minimum Gasteiger partial charge on any atom is -0.322 e. The molecule has 1 amide bonds. The number of fused-ring (bicyclic) bond motifs is 1. The van der Waals surface area contributed by atoms with Crippen molar-refractivity contribution in [3.8, 4) is 5.69 Å². The molecule has 2 aromatic heterocycles. The van der Waals surface area contributed by atoms with Crippen LogP contribution >= 0.6 is 11.6 Å². The van der Waals surface area contributed by atoms with Gasteiger partial charge < -0.3 is 5.32 Å². The normalized spacial score (nSPS) is 10.8. The van der Waals surface area contributed by atoms with Gasteiger partial charge in [0, 0.05) is 28.5 Å². The van der Waals surface area contributed by atoms with Gasteiger partial charge >= 0.3 is 0 Å². The molecule has 2 heterocycles. The van der Waals surface area contributed by atoms with Crippen LogP contribution < -0.4 is 5.32 Å². The molecule has 6 heteroatoms. The zero-order valence-corrected chi connectivity index (χ0v) is 14.7. The van der Waals surface area contributed by atoms with Gasteiger partial charge in [0.2, 0.25) is 0 Å². The number of benzene rings is 2. The summed E-state index contributed by atoms with van der Waals surface area (Å²) in [5.41, 5.74) is 3.93. The first-order valence-electron chi connectivity index (χ1n) is 8.09. The predicted octanol–water partition coefficient (Wildman–Crippen LogP) is 4.63. The Labute approximate surface area is 155 Å². The molecule has 2 aromatic carbocycles. The fourth-order valence-corrected chi connectivity index (χ4v) is 2.95. The molecule has 128 valence electrons. The molecule has 5 nitrogen and oxygen atoms in total. The highest BCUT2D eigenvalue weighted by molar-refractivity contribution is 6.29. The zero-order valence-electron chi connectivity index (χ0n) is 14.0. The van der Waals surface area contributed by atoms with E-state index in [4.69, 9.17) is 11.6 Å². The van der Waals surface area contributed by atoms with Crippen molar-refractivity contribution >= 4 is 34.1 Å². The van der Waals surface area contributed by atoms with Crippen molar-refractivity contribution in [3.63, 3.8) is 0 Å². The maximum absolute atomic E-state index is 12.6. The smallest absolute Gasteiger partial charge is 0.255 e. The zero-order chi connectivity index (χ0) is 18.1. The molecule has 0 aliphatic rings. The van der Waals surface area contributed by atoms with Crippen LogP contribution in [0.5, 0.6) is 0 Å². The van der Waals surface area contributed by atoms with Crippen molar-refractivity contribution in [2.24, 2.45) is 0 Å². The van der Waals surface area contributed by atoms with E-state index in [0.717, 1.165) is 22.3 Å². The fraction of sp³-hybridized carbons (Fsp3) is 0.0500. The standard InChI is InChI=1S/C20H15ClN4O/c1-13-9-10-22-25(13)17-4-2-3-16(12-17)23-20(26)15-5-7-18-14(11-15)6-8-19(21)24-18/h2-12H,1H3,(H,23,26). The Morgan fingerprint density at radius 1 is 1.08 bits per heavy atom. The minimum atomic E-state index is -0.184. The number of rotatable bonds is 3. The Morgan fingerprint density at radius 3 is 2.77 bits per heavy atom. The first kappa shape index (κ1) is 16.3. The number of carbonyl (C=O) groups is 1. The number of hydrogen-bond acceptors (Lipinski definition) is 3. The summed E-state index contributed by atoms with van der Waals surface area (Å²) in [4.78, 5) is 16.8. The molecule has 0 radical (unpaired) electrons. The lowest BCUT2D eigenvalue weighted by Crippen LogP contribution is -2.12. The van der Waals surface area contributed by atoms with Gasteiger partial charge in [-0.15, -0.1) is 0 Å². The largest absolute Gasteiger partial charge is 0.322 e. The summed E-state index contributed by atoms with van der Waals surface area (Å²) in [5, 5.41) is 8.52. The van der Waals surface area contributed by atoms with E-state index in [1.165, 1.54) is 0 Å². The van der Waals surface area contributed by atoms with Crippen molar-refractivity contribution in [2.75, 3.05) is 5.32 Å². The van der Waals surface area contributed by atoms with Gasteiger partial charge in [0.05, 0.1) is 11.2 Å². The SMILES string of the molecule is Cc1ccnn1-c1cccc(NC(=O)c2ccc3nc(Cl)ccc3c2)c1. The molecular formula is C20H15ClN4O. The van der Waals surface area contributed by atoms with Crippen LogP contribution in [0.3, 0.4) is 0 Å². The Kier molecular flexibility index (Phi) is 4.14. The first-order chi connectivity index (χ1) is 12.6. The molecule has 0 saturated carbocycles. The van der Waals surface area contributed by atoms with Gasteiger partial charge in [-0.05, 0) is 61.5 Å². The van der Waals surface area contributed by atoms with Gasteiger partial charge in [0.1, 0.15) is 5.15 Å². The third-order valence-electron chi connectivity index (χ3n) is 4.10. The molecule has 1 N–H and O–H groups in total. The maximum Gasteiger partial charge on any atom is 0.255 e. The molecule has 0 aliphatic heterocycles. The van der Waals surface area contributed by atoms with E-state index in [-0.39, 0.29) is 5.91 Å². The van der Waals surface area contributed by atoms with E-state index in [0.29, 0.717) is 16.4 Å². The highest BCUT2D eigenvalue weighted by Crippen LogP contribution is 2.19. The van der Waals surface area contributed by atoms with Crippen molar-refractivity contribution in [1.29, 1.82) is 0 Å². The molecule has 0 unspecified atom stereocenters. The topological polar surface area (TPSA) is 59.8 Å². The number of halogens is 1. The van der Waals surface area contributed by atoms with Crippen molar-refractivity contribution in [2.45, 2.75) is 6.92 Å². The molecular weight excluding hydrogens is 348 g/mol. The van der Waals surface area contributed by atoms with Crippen LogP contribution in [0, 0.1) is 6.92 Å². The van der Waals surface area contributed by atoms with Crippen LogP contribution in [-0.2, 0) is 0 Å². The van der Waals surface area contributed by atoms with Gasteiger partial charge in [-0.1, -0.05) is 17.7 Å². The van der Waals surface area contributed by atoms with Gasteiger partial charge in [0.25, 0.3) is 5.91 Å². The number of nitrogens with one attached hydrogen (secondary N) is 1. The number of anilines is 1. The van der Waals surface area contributed by atoms with E-state index < -0.39 is 0 Å². The molecule has 0 atom stereocenters. The van der Waals surface area contributed by atoms with E-state index in [9.17, 15) is 4.79 Å². The molecule has 0 bridgehead atoms. The highest BCUT2D eigenvalue weighted by Gasteiger charge is 2.09. The average molecular weight is 363 g/mol. The molecule has 0 aliphatic carbocycles. The molecule has 4 rings (SSSR count). The van der Waals surface area contributed by atoms with Crippen LogP contribution in [0.4, 0.5) is 5.69 Å². The summed E-state index contributed by atoms with van der Waals surface area (Å²) in [5.74, 6) is -0.184. The van der Waals surface area contributed by atoms with Gasteiger partial charge in [-0.25, -0.2) is 9.67 Å². The van der Waals surface area contributed by atoms with E-state index in [2.05, 4.69) is 15.4 Å². The second-order valence-electron chi connectivity index (χ2n) is 5.93. The minimum absolute atomic E-state index is 0.184. The molecule has 0 fully saturated rings. The Bertz CT molecular complexity index is 1120. The number of aromatic nitrogens is 3. The number of aryl methyl sites for hydroxylation is 1. The molecule has 0 spiro atoms. The Balaban J connectivity index is 1.60. The summed E-state index contributed by atoms with van der Waals surface area (Å²) in [6, 6.07) is 18.4. The lowest BCUT2D eigenvalue weighted by molar-refractivity contribution is 0.102. The van der Waals surface area contributed by atoms with Gasteiger partial charge in [-0.2, -0.15) is 5.10 Å². The third-order valence-corrected chi connectivity index (χ3v) is 4.31. The van der Waals surface area contributed by atoms with Gasteiger partial charge in [-0.3, -0.25) is 4.79 Å². The Hall–Kier alpha value is -3.18. The Morgan fingerprint density at radius 2 is 1.96 bits per heavy atom. The monoisotopic (exact) mass is 362 g/mol. The van der Waals surface area contributed by atoms with E-state index in [1.807, 2.05) is 48.0 Å². The third kappa shape index (κ3) is 3.17. The summed E-state index contributed by atoms with van der Waals surface area (Å²) < 4.78 is 1.82. The average Bonchev–Trinajstić information content (AvgIpc) is 3.07. The second kappa shape index (κ2) is 6.61. The maximum atomic E-state index is 12.6. The van der Waals surface area contributed by atoms with E-state index >= 15 is 0 Å². The second-order valence-corrected chi connectivity index (χ2v) is 6.32. The van der Waals surface area contributed by atoms with E-state index in [1.54, 1.807) is 30.5 Å². The molecule has 4 aromatic rings. The molecule has 26 heavy (non-hydrogen) atoms. The number of carbonyl (C=O) groups excluding carboxylic acids is 1. The fourth-order valence-electron chi connectivity index (χ4n) is 2.80. The first-order valence-corrected chi connectivity index (χ1v) is 8.47. The number of nitrogens with zero attached hydrogens (tertiary/aromatic N) is 3. The summed E-state index contributed by atoms with van der Waals surface area (Å²) in [6.07, 6.45) is 1.75. The van der Waals surface area contributed by atoms with Crippen LogP contribution in [0.25, 0.3) is 16.6 Å². The number of amides is 1. The molecule has 0 saturated heterocycles. The van der Waals surface area contributed by atoms with Crippen LogP contribution in [0.1, 0.15) is 16.1 Å². The van der Waals surface area contributed by atoms with Crippen LogP contribution in [0.15, 0.2) is 66.9 Å². The predicted molar refractivity (Wildman–Crippen MR) is 103 cm³/mol. The lowest BCUT2D eigenvalue weighted by Gasteiger charge is -2.09. The quantitative estimate of drug-likeness (QED) is 0.540. The summed E-state index contributed by atoms with van der Waals surface area (Å²) in [6.45, 7) is 1.98. The van der Waals surface area contributed by atoms with Gasteiger partial charge in [0.15, 0.2) is 0 Å². The van der Waals surface area contributed by atoms with Crippen molar-refractivity contribution < 1.29 is 4.79 Å². The summed E-state index contributed by atoms with van der Waals surface area (Å²) >= 11 is 5.90.